The summed E-state index contributed by atoms with van der Waals surface area (Å²) in [5.41, 5.74) is 2.22. The predicted octanol–water partition coefficient (Wildman–Crippen LogP) is 4.77. The molecule has 0 spiro atoms. The molecule has 80 valence electrons. The summed E-state index contributed by atoms with van der Waals surface area (Å²) in [4.78, 5) is 3.34. The zero-order valence-corrected chi connectivity index (χ0v) is 10.5. The molecule has 0 aliphatic rings. The van der Waals surface area contributed by atoms with Gasteiger partial charge in [0.15, 0.2) is 0 Å². The van der Waals surface area contributed by atoms with E-state index in [-0.39, 0.29) is 5.41 Å². The van der Waals surface area contributed by atoms with Gasteiger partial charge in [-0.3, -0.25) is 0 Å². The Kier molecular flexibility index (Phi) is 2.48. The fourth-order valence-electron chi connectivity index (χ4n) is 1.57. The molecule has 0 amide bonds. The van der Waals surface area contributed by atoms with E-state index in [9.17, 15) is 0 Å². The molecular formula is C12H13Cl2N. The Morgan fingerprint density at radius 3 is 2.33 bits per heavy atom. The Bertz CT molecular complexity index is 506. The second-order valence-corrected chi connectivity index (χ2v) is 5.63. The van der Waals surface area contributed by atoms with E-state index in [2.05, 4.69) is 31.8 Å². The summed E-state index contributed by atoms with van der Waals surface area (Å²) in [6.07, 6.45) is 0. The van der Waals surface area contributed by atoms with Crippen molar-refractivity contribution in [1.82, 2.24) is 4.98 Å². The molecule has 0 fully saturated rings. The van der Waals surface area contributed by atoms with Crippen molar-refractivity contribution in [3.05, 3.63) is 33.9 Å². The van der Waals surface area contributed by atoms with E-state index in [1.807, 2.05) is 6.07 Å². The van der Waals surface area contributed by atoms with Crippen LogP contribution in [0.15, 0.2) is 18.2 Å². The molecule has 0 aliphatic carbocycles. The first-order chi connectivity index (χ1) is 6.88. The SMILES string of the molecule is CC(C)(C)c1cc2cc(Cl)cc(Cl)c2[nH]1. The van der Waals surface area contributed by atoms with Gasteiger partial charge in [0.1, 0.15) is 0 Å². The Hall–Kier alpha value is -0.660. The highest BCUT2D eigenvalue weighted by molar-refractivity contribution is 6.38. The first-order valence-electron chi connectivity index (χ1n) is 4.86. The van der Waals surface area contributed by atoms with E-state index in [0.717, 1.165) is 10.9 Å². The number of aromatic amines is 1. The summed E-state index contributed by atoms with van der Waals surface area (Å²) in [7, 11) is 0. The Morgan fingerprint density at radius 1 is 1.07 bits per heavy atom. The molecule has 1 nitrogen and oxygen atoms in total. The average Bonchev–Trinajstić information content (AvgIpc) is 2.46. The molecule has 15 heavy (non-hydrogen) atoms. The van der Waals surface area contributed by atoms with Gasteiger partial charge in [0, 0.05) is 21.5 Å². The highest BCUT2D eigenvalue weighted by Crippen LogP contribution is 2.31. The van der Waals surface area contributed by atoms with Gasteiger partial charge in [-0.25, -0.2) is 0 Å². The third-order valence-corrected chi connectivity index (χ3v) is 2.97. The molecule has 0 radical (unpaired) electrons. The van der Waals surface area contributed by atoms with Crippen LogP contribution in [0, 0.1) is 0 Å². The molecule has 3 heteroatoms. The predicted molar refractivity (Wildman–Crippen MR) is 67.0 cm³/mol. The van der Waals surface area contributed by atoms with Gasteiger partial charge < -0.3 is 4.98 Å². The van der Waals surface area contributed by atoms with Crippen molar-refractivity contribution in [1.29, 1.82) is 0 Å². The van der Waals surface area contributed by atoms with E-state index in [4.69, 9.17) is 23.2 Å². The summed E-state index contributed by atoms with van der Waals surface area (Å²) in [6, 6.07) is 5.79. The number of fused-ring (bicyclic) bond motifs is 1. The molecule has 2 aromatic rings. The molecule has 1 heterocycles. The maximum Gasteiger partial charge on any atom is 0.0661 e. The number of aromatic nitrogens is 1. The number of nitrogens with one attached hydrogen (secondary N) is 1. The van der Waals surface area contributed by atoms with Gasteiger partial charge in [0.2, 0.25) is 0 Å². The lowest BCUT2D eigenvalue weighted by Gasteiger charge is -2.15. The lowest BCUT2D eigenvalue weighted by atomic mass is 9.92. The van der Waals surface area contributed by atoms with Crippen LogP contribution in [-0.4, -0.2) is 4.98 Å². The number of H-pyrrole nitrogens is 1. The van der Waals surface area contributed by atoms with Gasteiger partial charge in [-0.15, -0.1) is 0 Å². The van der Waals surface area contributed by atoms with E-state index in [1.165, 1.54) is 5.69 Å². The maximum absolute atomic E-state index is 6.11. The van der Waals surface area contributed by atoms with Crippen LogP contribution in [0.4, 0.5) is 0 Å². The Morgan fingerprint density at radius 2 is 1.73 bits per heavy atom. The van der Waals surface area contributed by atoms with Crippen LogP contribution in [0.2, 0.25) is 10.0 Å². The van der Waals surface area contributed by atoms with Gasteiger partial charge >= 0.3 is 0 Å². The van der Waals surface area contributed by atoms with Crippen LogP contribution in [0.3, 0.4) is 0 Å². The number of halogens is 2. The number of hydrogen-bond acceptors (Lipinski definition) is 0. The van der Waals surface area contributed by atoms with Crippen molar-refractivity contribution >= 4 is 34.1 Å². The molecule has 0 unspecified atom stereocenters. The van der Waals surface area contributed by atoms with Gasteiger partial charge in [-0.1, -0.05) is 44.0 Å². The van der Waals surface area contributed by atoms with Crippen LogP contribution in [-0.2, 0) is 5.41 Å². The first-order valence-corrected chi connectivity index (χ1v) is 5.62. The van der Waals surface area contributed by atoms with Crippen molar-refractivity contribution in [2.45, 2.75) is 26.2 Å². The lowest BCUT2D eigenvalue weighted by Crippen LogP contribution is -2.10. The molecule has 0 aliphatic heterocycles. The third-order valence-electron chi connectivity index (χ3n) is 2.45. The zero-order valence-electron chi connectivity index (χ0n) is 8.99. The summed E-state index contributed by atoms with van der Waals surface area (Å²) >= 11 is 12.1. The largest absolute Gasteiger partial charge is 0.357 e. The minimum Gasteiger partial charge on any atom is -0.357 e. The smallest absolute Gasteiger partial charge is 0.0661 e. The summed E-state index contributed by atoms with van der Waals surface area (Å²) in [6.45, 7) is 6.48. The zero-order chi connectivity index (χ0) is 11.2. The monoisotopic (exact) mass is 241 g/mol. The average molecular weight is 242 g/mol. The normalized spacial score (nSPS) is 12.3. The van der Waals surface area contributed by atoms with Crippen molar-refractivity contribution in [2.24, 2.45) is 0 Å². The maximum atomic E-state index is 6.11. The minimum atomic E-state index is 0.0921. The summed E-state index contributed by atoms with van der Waals surface area (Å²) in [5.74, 6) is 0. The lowest BCUT2D eigenvalue weighted by molar-refractivity contribution is 0.574. The highest BCUT2D eigenvalue weighted by atomic mass is 35.5. The van der Waals surface area contributed by atoms with Crippen molar-refractivity contribution in [3.8, 4) is 0 Å². The molecule has 0 saturated carbocycles. The highest BCUT2D eigenvalue weighted by Gasteiger charge is 2.17. The topological polar surface area (TPSA) is 15.8 Å². The van der Waals surface area contributed by atoms with E-state index < -0.39 is 0 Å². The molecule has 1 aromatic carbocycles. The molecule has 1 aromatic heterocycles. The van der Waals surface area contributed by atoms with Gasteiger partial charge in [-0.05, 0) is 18.2 Å². The van der Waals surface area contributed by atoms with Crippen molar-refractivity contribution < 1.29 is 0 Å². The Balaban J connectivity index is 2.71. The van der Waals surface area contributed by atoms with Gasteiger partial charge in [-0.2, -0.15) is 0 Å². The third kappa shape index (κ3) is 1.99. The van der Waals surface area contributed by atoms with E-state index in [1.54, 1.807) is 6.07 Å². The number of hydrogen-bond donors (Lipinski definition) is 1. The van der Waals surface area contributed by atoms with Crippen molar-refractivity contribution in [3.63, 3.8) is 0 Å². The van der Waals surface area contributed by atoms with Crippen LogP contribution < -0.4 is 0 Å². The summed E-state index contributed by atoms with van der Waals surface area (Å²) in [5, 5.41) is 2.41. The summed E-state index contributed by atoms with van der Waals surface area (Å²) < 4.78 is 0. The fourth-order valence-corrected chi connectivity index (χ4v) is 2.13. The molecule has 0 bridgehead atoms. The fraction of sp³-hybridized carbons (Fsp3) is 0.333. The minimum absolute atomic E-state index is 0.0921. The molecule has 1 N–H and O–H groups in total. The molecule has 2 rings (SSSR count). The van der Waals surface area contributed by atoms with Gasteiger partial charge in [0.25, 0.3) is 0 Å². The number of benzene rings is 1. The molecule has 0 saturated heterocycles. The molecular weight excluding hydrogens is 229 g/mol. The number of rotatable bonds is 0. The van der Waals surface area contributed by atoms with E-state index in [0.29, 0.717) is 10.0 Å². The van der Waals surface area contributed by atoms with Crippen molar-refractivity contribution in [2.75, 3.05) is 0 Å². The van der Waals surface area contributed by atoms with Gasteiger partial charge in [0.05, 0.1) is 10.5 Å². The van der Waals surface area contributed by atoms with Crippen LogP contribution in [0.1, 0.15) is 26.5 Å². The van der Waals surface area contributed by atoms with Crippen LogP contribution in [0.25, 0.3) is 10.9 Å². The Labute approximate surface area is 99.4 Å². The second-order valence-electron chi connectivity index (χ2n) is 4.78. The standard InChI is InChI=1S/C12H13Cl2N/c1-12(2,3)10-5-7-4-8(13)6-9(14)11(7)15-10/h4-6,15H,1-3H3. The van der Waals surface area contributed by atoms with Crippen LogP contribution in [0.5, 0.6) is 0 Å². The quantitative estimate of drug-likeness (QED) is 0.684. The second kappa shape index (κ2) is 3.43. The molecule has 0 atom stereocenters. The first kappa shape index (κ1) is 10.8. The van der Waals surface area contributed by atoms with Crippen LogP contribution >= 0.6 is 23.2 Å². The van der Waals surface area contributed by atoms with E-state index >= 15 is 0 Å².